The molecular weight excluding hydrogens is 430 g/mol. The van der Waals surface area contributed by atoms with E-state index in [4.69, 9.17) is 27.9 Å². The summed E-state index contributed by atoms with van der Waals surface area (Å²) in [5, 5.41) is 3.12. The van der Waals surface area contributed by atoms with Crippen molar-refractivity contribution < 1.29 is 18.7 Å². The predicted molar refractivity (Wildman–Crippen MR) is 114 cm³/mol. The van der Waals surface area contributed by atoms with Crippen molar-refractivity contribution in [2.45, 2.75) is 25.8 Å². The van der Waals surface area contributed by atoms with E-state index in [1.165, 1.54) is 12.1 Å². The van der Waals surface area contributed by atoms with Gasteiger partial charge in [-0.2, -0.15) is 0 Å². The van der Waals surface area contributed by atoms with Gasteiger partial charge in [-0.05, 0) is 49.6 Å². The lowest BCUT2D eigenvalue weighted by atomic mass is 9.95. The Morgan fingerprint density at radius 3 is 2.50 bits per heavy atom. The third kappa shape index (κ3) is 5.64. The van der Waals surface area contributed by atoms with E-state index in [-0.39, 0.29) is 29.4 Å². The van der Waals surface area contributed by atoms with Gasteiger partial charge in [0.1, 0.15) is 11.6 Å². The lowest BCUT2D eigenvalue weighted by molar-refractivity contribution is -0.137. The molecule has 1 heterocycles. The Labute approximate surface area is 185 Å². The third-order valence-electron chi connectivity index (χ3n) is 5.19. The number of carbonyl (C=O) groups is 2. The molecule has 0 saturated carbocycles. The highest BCUT2D eigenvalue weighted by atomic mass is 35.5. The van der Waals surface area contributed by atoms with Gasteiger partial charge in [0.2, 0.25) is 5.91 Å². The fourth-order valence-electron chi connectivity index (χ4n) is 3.42. The van der Waals surface area contributed by atoms with Crippen molar-refractivity contribution >= 4 is 35.0 Å². The van der Waals surface area contributed by atoms with Crippen molar-refractivity contribution in [3.8, 4) is 5.75 Å². The Kier molecular flexibility index (Phi) is 7.56. The number of rotatable bonds is 6. The molecule has 2 aromatic carbocycles. The van der Waals surface area contributed by atoms with Crippen LogP contribution in [0.15, 0.2) is 42.5 Å². The fraction of sp³-hybridized carbons (Fsp3) is 0.364. The zero-order valence-electron chi connectivity index (χ0n) is 16.5. The number of para-hydroxylation sites is 1. The Bertz CT molecular complexity index is 903. The van der Waals surface area contributed by atoms with Crippen LogP contribution in [0, 0.1) is 11.7 Å². The van der Waals surface area contributed by atoms with E-state index in [2.05, 4.69) is 5.32 Å². The van der Waals surface area contributed by atoms with Crippen molar-refractivity contribution in [3.63, 3.8) is 0 Å². The number of ether oxygens (including phenoxy) is 1. The maximum absolute atomic E-state index is 13.8. The number of hydrogen-bond donors (Lipinski definition) is 1. The van der Waals surface area contributed by atoms with Crippen molar-refractivity contribution in [2.75, 3.05) is 19.7 Å². The van der Waals surface area contributed by atoms with Gasteiger partial charge >= 0.3 is 0 Å². The standard InChI is InChI=1S/C22H23Cl2FN2O3/c1-14(17-11-20(25)19(24)12-18(17)23)26-22(29)15-7-9-27(10-8-15)21(28)13-30-16-5-3-2-4-6-16/h2-6,11-12,14-15H,7-10,13H2,1H3,(H,26,29). The smallest absolute Gasteiger partial charge is 0.260 e. The van der Waals surface area contributed by atoms with Crippen LogP contribution in [0.4, 0.5) is 4.39 Å². The molecule has 1 unspecified atom stereocenters. The number of benzene rings is 2. The summed E-state index contributed by atoms with van der Waals surface area (Å²) in [5.74, 6) is -0.397. The second-order valence-electron chi connectivity index (χ2n) is 7.27. The first kappa shape index (κ1) is 22.4. The van der Waals surface area contributed by atoms with Crippen LogP contribution in [0.1, 0.15) is 31.4 Å². The summed E-state index contributed by atoms with van der Waals surface area (Å²) in [7, 11) is 0. The third-order valence-corrected chi connectivity index (χ3v) is 5.81. The van der Waals surface area contributed by atoms with E-state index in [1.807, 2.05) is 18.2 Å². The molecule has 0 bridgehead atoms. The first-order chi connectivity index (χ1) is 14.3. The van der Waals surface area contributed by atoms with E-state index in [0.717, 1.165) is 0 Å². The second kappa shape index (κ2) is 10.1. The van der Waals surface area contributed by atoms with Crippen LogP contribution in [0.3, 0.4) is 0 Å². The zero-order valence-corrected chi connectivity index (χ0v) is 18.0. The number of nitrogens with zero attached hydrogens (tertiary/aromatic N) is 1. The highest BCUT2D eigenvalue weighted by Crippen LogP contribution is 2.29. The zero-order chi connectivity index (χ0) is 21.7. The molecule has 1 saturated heterocycles. The van der Waals surface area contributed by atoms with Gasteiger partial charge in [0.25, 0.3) is 5.91 Å². The topological polar surface area (TPSA) is 58.6 Å². The lowest BCUT2D eigenvalue weighted by Crippen LogP contribution is -2.44. The normalized spacial score (nSPS) is 15.5. The minimum absolute atomic E-state index is 0.0292. The predicted octanol–water partition coefficient (Wildman–Crippen LogP) is 4.63. The van der Waals surface area contributed by atoms with Gasteiger partial charge in [0.15, 0.2) is 6.61 Å². The molecule has 0 radical (unpaired) electrons. The van der Waals surface area contributed by atoms with Gasteiger partial charge in [-0.1, -0.05) is 41.4 Å². The first-order valence-corrected chi connectivity index (χ1v) is 10.5. The quantitative estimate of drug-likeness (QED) is 0.650. The van der Waals surface area contributed by atoms with Crippen LogP contribution < -0.4 is 10.1 Å². The van der Waals surface area contributed by atoms with Gasteiger partial charge in [-0.3, -0.25) is 9.59 Å². The van der Waals surface area contributed by atoms with Gasteiger partial charge < -0.3 is 15.0 Å². The summed E-state index contributed by atoms with van der Waals surface area (Å²) in [6.07, 6.45) is 1.11. The van der Waals surface area contributed by atoms with E-state index in [0.29, 0.717) is 42.3 Å². The van der Waals surface area contributed by atoms with Crippen LogP contribution in [-0.2, 0) is 9.59 Å². The van der Waals surface area contributed by atoms with Crippen LogP contribution in [0.2, 0.25) is 10.0 Å². The summed E-state index contributed by atoms with van der Waals surface area (Å²) >= 11 is 11.9. The monoisotopic (exact) mass is 452 g/mol. The Hall–Kier alpha value is -2.31. The average Bonchev–Trinajstić information content (AvgIpc) is 2.75. The second-order valence-corrected chi connectivity index (χ2v) is 8.09. The number of halogens is 3. The minimum atomic E-state index is -0.582. The van der Waals surface area contributed by atoms with Crippen molar-refractivity contribution in [3.05, 3.63) is 63.9 Å². The van der Waals surface area contributed by atoms with Crippen molar-refractivity contribution in [1.29, 1.82) is 0 Å². The maximum atomic E-state index is 13.8. The molecule has 2 aromatic rings. The molecule has 1 N–H and O–H groups in total. The fourth-order valence-corrected chi connectivity index (χ4v) is 3.97. The molecule has 1 aliphatic rings. The molecule has 1 aliphatic heterocycles. The molecule has 3 rings (SSSR count). The highest BCUT2D eigenvalue weighted by molar-refractivity contribution is 6.35. The van der Waals surface area contributed by atoms with Crippen LogP contribution >= 0.6 is 23.2 Å². The molecule has 1 fully saturated rings. The molecule has 160 valence electrons. The largest absolute Gasteiger partial charge is 0.484 e. The summed E-state index contributed by atoms with van der Waals surface area (Å²) in [5.41, 5.74) is 0.470. The minimum Gasteiger partial charge on any atom is -0.484 e. The molecule has 30 heavy (non-hydrogen) atoms. The van der Waals surface area contributed by atoms with Gasteiger partial charge in [0.05, 0.1) is 11.1 Å². The molecule has 2 amide bonds. The SMILES string of the molecule is CC(NC(=O)C1CCN(C(=O)COc2ccccc2)CC1)c1cc(F)c(Cl)cc1Cl. The van der Waals surface area contributed by atoms with E-state index in [1.54, 1.807) is 24.0 Å². The number of likely N-dealkylation sites (tertiary alicyclic amines) is 1. The number of nitrogens with one attached hydrogen (secondary N) is 1. The molecule has 0 aromatic heterocycles. The number of hydrogen-bond acceptors (Lipinski definition) is 3. The summed E-state index contributed by atoms with van der Waals surface area (Å²) in [6.45, 7) is 2.68. The van der Waals surface area contributed by atoms with Crippen LogP contribution in [0.5, 0.6) is 5.75 Å². The number of piperidine rings is 1. The Balaban J connectivity index is 1.48. The van der Waals surface area contributed by atoms with Gasteiger partial charge in [-0.25, -0.2) is 4.39 Å². The maximum Gasteiger partial charge on any atom is 0.260 e. The Morgan fingerprint density at radius 1 is 1.17 bits per heavy atom. The van der Waals surface area contributed by atoms with Crippen molar-refractivity contribution in [1.82, 2.24) is 10.2 Å². The van der Waals surface area contributed by atoms with E-state index < -0.39 is 11.9 Å². The molecule has 1 atom stereocenters. The van der Waals surface area contributed by atoms with Crippen molar-refractivity contribution in [2.24, 2.45) is 5.92 Å². The number of carbonyl (C=O) groups excluding carboxylic acids is 2. The van der Waals surface area contributed by atoms with Crippen LogP contribution in [0.25, 0.3) is 0 Å². The summed E-state index contributed by atoms with van der Waals surface area (Å²) in [4.78, 5) is 26.7. The average molecular weight is 453 g/mol. The Morgan fingerprint density at radius 2 is 1.83 bits per heavy atom. The molecule has 0 aliphatic carbocycles. The van der Waals surface area contributed by atoms with E-state index >= 15 is 0 Å². The first-order valence-electron chi connectivity index (χ1n) is 9.75. The molecule has 8 heteroatoms. The highest BCUT2D eigenvalue weighted by Gasteiger charge is 2.28. The van der Waals surface area contributed by atoms with Crippen LogP contribution in [-0.4, -0.2) is 36.4 Å². The lowest BCUT2D eigenvalue weighted by Gasteiger charge is -2.32. The van der Waals surface area contributed by atoms with Gasteiger partial charge in [0, 0.05) is 24.0 Å². The molecule has 5 nitrogen and oxygen atoms in total. The van der Waals surface area contributed by atoms with E-state index in [9.17, 15) is 14.0 Å². The summed E-state index contributed by atoms with van der Waals surface area (Å²) in [6, 6.07) is 11.3. The number of amides is 2. The summed E-state index contributed by atoms with van der Waals surface area (Å²) < 4.78 is 19.3. The molecular formula is C22H23Cl2FN2O3. The van der Waals surface area contributed by atoms with Gasteiger partial charge in [-0.15, -0.1) is 0 Å². The molecule has 0 spiro atoms.